The van der Waals surface area contributed by atoms with Crippen LogP contribution < -0.4 is 0 Å². The van der Waals surface area contributed by atoms with Crippen molar-refractivity contribution in [2.45, 2.75) is 52.9 Å². The third-order valence-electron chi connectivity index (χ3n) is 4.85. The Morgan fingerprint density at radius 1 is 1.21 bits per heavy atom. The first-order chi connectivity index (χ1) is 9.02. The van der Waals surface area contributed by atoms with Crippen molar-refractivity contribution in [3.05, 3.63) is 0 Å². The lowest BCUT2D eigenvalue weighted by Gasteiger charge is -2.32. The summed E-state index contributed by atoms with van der Waals surface area (Å²) in [5, 5.41) is 0. The molecule has 0 aromatic rings. The second-order valence-corrected chi connectivity index (χ2v) is 6.39. The van der Waals surface area contributed by atoms with Gasteiger partial charge in [-0.1, -0.05) is 27.2 Å². The summed E-state index contributed by atoms with van der Waals surface area (Å²) < 4.78 is 0. The van der Waals surface area contributed by atoms with Crippen LogP contribution in [0.25, 0.3) is 0 Å². The maximum atomic E-state index is 12.3. The average Bonchev–Trinajstić information content (AvgIpc) is 2.37. The zero-order chi connectivity index (χ0) is 14.0. The van der Waals surface area contributed by atoms with Gasteiger partial charge in [0.15, 0.2) is 0 Å². The van der Waals surface area contributed by atoms with E-state index in [1.807, 2.05) is 0 Å². The molecule has 2 aliphatic rings. The van der Waals surface area contributed by atoms with Gasteiger partial charge in [-0.2, -0.15) is 0 Å². The Bertz CT molecular complexity index is 382. The summed E-state index contributed by atoms with van der Waals surface area (Å²) in [5.74, 6) is 1.01. The van der Waals surface area contributed by atoms with E-state index in [9.17, 15) is 9.59 Å². The first kappa shape index (κ1) is 14.4. The van der Waals surface area contributed by atoms with Crippen LogP contribution in [0.3, 0.4) is 0 Å². The van der Waals surface area contributed by atoms with Gasteiger partial charge in [0.05, 0.1) is 0 Å². The zero-order valence-corrected chi connectivity index (χ0v) is 12.3. The molecule has 19 heavy (non-hydrogen) atoms. The topological polar surface area (TPSA) is 46.5 Å². The van der Waals surface area contributed by atoms with Crippen LogP contribution in [0.4, 0.5) is 0 Å². The van der Waals surface area contributed by atoms with Crippen molar-refractivity contribution in [2.24, 2.45) is 28.7 Å². The van der Waals surface area contributed by atoms with Crippen molar-refractivity contribution in [1.29, 1.82) is 0 Å². The van der Waals surface area contributed by atoms with Crippen molar-refractivity contribution in [1.82, 2.24) is 0 Å². The largest absolute Gasteiger partial charge is 0.298 e. The Morgan fingerprint density at radius 3 is 2.37 bits per heavy atom. The number of carbonyl (C=O) groups excluding carboxylic acids is 2. The molecule has 106 valence electrons. The molecule has 2 rings (SSSR count). The molecular weight excluding hydrogens is 238 g/mol. The second-order valence-electron chi connectivity index (χ2n) is 6.39. The monoisotopic (exact) mass is 263 g/mol. The van der Waals surface area contributed by atoms with Crippen LogP contribution >= 0.6 is 0 Å². The van der Waals surface area contributed by atoms with E-state index >= 15 is 0 Å². The van der Waals surface area contributed by atoms with E-state index < -0.39 is 5.92 Å². The van der Waals surface area contributed by atoms with Gasteiger partial charge >= 0.3 is 0 Å². The lowest BCUT2D eigenvalue weighted by atomic mass is 9.71. The van der Waals surface area contributed by atoms with Gasteiger partial charge in [-0.3, -0.25) is 14.6 Å². The second kappa shape index (κ2) is 5.98. The molecular formula is C16H25NO2. The number of aliphatic imine (C=N–C) groups is 1. The predicted octanol–water partition coefficient (Wildman–Crippen LogP) is 3.07. The maximum Gasteiger partial charge on any atom is 0.149 e. The van der Waals surface area contributed by atoms with Crippen LogP contribution in [0.5, 0.6) is 0 Å². The minimum absolute atomic E-state index is 0.120. The fraction of sp³-hybridized carbons (Fsp3) is 0.812. The Labute approximate surface area is 115 Å². The molecule has 3 heteroatoms. The summed E-state index contributed by atoms with van der Waals surface area (Å²) in [6.45, 7) is 7.22. The first-order valence-corrected chi connectivity index (χ1v) is 7.61. The number of ketones is 2. The highest BCUT2D eigenvalue weighted by atomic mass is 16.2. The van der Waals surface area contributed by atoms with Crippen LogP contribution in [0.1, 0.15) is 52.9 Å². The number of Topliss-reactive ketones (excluding diaryl/α,β-unsaturated/α-hetero) is 2. The molecule has 0 aromatic heterocycles. The highest BCUT2D eigenvalue weighted by Crippen LogP contribution is 2.33. The number of hydrogen-bond acceptors (Lipinski definition) is 3. The average molecular weight is 263 g/mol. The molecule has 3 nitrogen and oxygen atoms in total. The van der Waals surface area contributed by atoms with Gasteiger partial charge in [0, 0.05) is 25.1 Å². The minimum Gasteiger partial charge on any atom is -0.298 e. The van der Waals surface area contributed by atoms with E-state index in [1.54, 1.807) is 0 Å². The minimum atomic E-state index is -0.497. The van der Waals surface area contributed by atoms with E-state index in [-0.39, 0.29) is 17.5 Å². The molecule has 0 aromatic carbocycles. The van der Waals surface area contributed by atoms with Gasteiger partial charge in [0.25, 0.3) is 0 Å². The molecule has 1 aliphatic carbocycles. The molecule has 0 spiro atoms. The number of carbonyl (C=O) groups is 2. The SMILES string of the molecule is CCC(C)C1CC(=O)C(C2=NCCC(C)C2)C(=O)C1. The van der Waals surface area contributed by atoms with Crippen LogP contribution in [0.2, 0.25) is 0 Å². The molecule has 0 saturated heterocycles. The third-order valence-corrected chi connectivity index (χ3v) is 4.85. The molecule has 1 heterocycles. The van der Waals surface area contributed by atoms with Crippen molar-refractivity contribution < 1.29 is 9.59 Å². The molecule has 0 N–H and O–H groups in total. The van der Waals surface area contributed by atoms with Crippen molar-refractivity contribution in [3.63, 3.8) is 0 Å². The lowest BCUT2D eigenvalue weighted by molar-refractivity contribution is -0.135. The summed E-state index contributed by atoms with van der Waals surface area (Å²) in [6.07, 6.45) is 4.08. The fourth-order valence-corrected chi connectivity index (χ4v) is 3.27. The van der Waals surface area contributed by atoms with E-state index in [4.69, 9.17) is 0 Å². The van der Waals surface area contributed by atoms with Crippen LogP contribution in [0.15, 0.2) is 4.99 Å². The number of hydrogen-bond donors (Lipinski definition) is 0. The van der Waals surface area contributed by atoms with Crippen LogP contribution in [0, 0.1) is 23.7 Å². The van der Waals surface area contributed by atoms with Gasteiger partial charge in [-0.25, -0.2) is 0 Å². The zero-order valence-electron chi connectivity index (χ0n) is 12.3. The summed E-state index contributed by atoms with van der Waals surface area (Å²) in [4.78, 5) is 29.1. The molecule has 2 atom stereocenters. The predicted molar refractivity (Wildman–Crippen MR) is 76.4 cm³/mol. The maximum absolute atomic E-state index is 12.3. The molecule has 1 fully saturated rings. The quantitative estimate of drug-likeness (QED) is 0.735. The highest BCUT2D eigenvalue weighted by Gasteiger charge is 2.40. The van der Waals surface area contributed by atoms with Gasteiger partial charge in [-0.15, -0.1) is 0 Å². The van der Waals surface area contributed by atoms with Crippen LogP contribution in [-0.2, 0) is 9.59 Å². The Hall–Kier alpha value is -0.990. The summed E-state index contributed by atoms with van der Waals surface area (Å²) in [6, 6.07) is 0. The van der Waals surface area contributed by atoms with E-state index in [0.29, 0.717) is 24.7 Å². The van der Waals surface area contributed by atoms with Crippen LogP contribution in [-0.4, -0.2) is 23.8 Å². The number of rotatable bonds is 3. The Kier molecular flexibility index (Phi) is 4.54. The van der Waals surface area contributed by atoms with E-state index in [1.165, 1.54) is 0 Å². The van der Waals surface area contributed by atoms with Crippen molar-refractivity contribution >= 4 is 17.3 Å². The standard InChI is InChI=1S/C16H25NO2/c1-4-11(3)12-8-14(18)16(15(19)9-12)13-7-10(2)5-6-17-13/h10-12,16H,4-9H2,1-3H3. The summed E-state index contributed by atoms with van der Waals surface area (Å²) in [7, 11) is 0. The third kappa shape index (κ3) is 3.13. The molecule has 1 saturated carbocycles. The smallest absolute Gasteiger partial charge is 0.149 e. The fourth-order valence-electron chi connectivity index (χ4n) is 3.27. The van der Waals surface area contributed by atoms with Gasteiger partial charge < -0.3 is 0 Å². The molecule has 2 unspecified atom stereocenters. The van der Waals surface area contributed by atoms with E-state index in [0.717, 1.165) is 31.5 Å². The van der Waals surface area contributed by atoms with Gasteiger partial charge in [0.2, 0.25) is 0 Å². The normalized spacial score (nSPS) is 34.1. The highest BCUT2D eigenvalue weighted by molar-refractivity contribution is 6.22. The summed E-state index contributed by atoms with van der Waals surface area (Å²) >= 11 is 0. The van der Waals surface area contributed by atoms with Gasteiger partial charge in [0.1, 0.15) is 17.5 Å². The molecule has 0 radical (unpaired) electrons. The first-order valence-electron chi connectivity index (χ1n) is 7.61. The summed E-state index contributed by atoms with van der Waals surface area (Å²) in [5.41, 5.74) is 0.872. The van der Waals surface area contributed by atoms with Gasteiger partial charge in [-0.05, 0) is 30.6 Å². The Balaban J connectivity index is 2.10. The molecule has 0 bridgehead atoms. The number of nitrogens with zero attached hydrogens (tertiary/aromatic N) is 1. The van der Waals surface area contributed by atoms with E-state index in [2.05, 4.69) is 25.8 Å². The Morgan fingerprint density at radius 2 is 1.84 bits per heavy atom. The van der Waals surface area contributed by atoms with Crippen molar-refractivity contribution in [3.8, 4) is 0 Å². The van der Waals surface area contributed by atoms with Crippen molar-refractivity contribution in [2.75, 3.05) is 6.54 Å². The molecule has 0 amide bonds. The lowest BCUT2D eigenvalue weighted by Crippen LogP contribution is -2.41. The molecule has 1 aliphatic heterocycles.